The average molecular weight is 388 g/mol. The molecular formula is C20H25N3O3S. The van der Waals surface area contributed by atoms with E-state index < -0.39 is 0 Å². The molecule has 0 aliphatic carbocycles. The van der Waals surface area contributed by atoms with E-state index in [-0.39, 0.29) is 11.8 Å². The third-order valence-corrected chi connectivity index (χ3v) is 5.98. The zero-order chi connectivity index (χ0) is 18.8. The third-order valence-electron chi connectivity index (χ3n) is 4.75. The molecular weight excluding hydrogens is 362 g/mol. The van der Waals surface area contributed by atoms with Gasteiger partial charge in [-0.3, -0.25) is 4.79 Å². The molecule has 1 atom stereocenters. The lowest BCUT2D eigenvalue weighted by atomic mass is 9.91. The highest BCUT2D eigenvalue weighted by atomic mass is 32.1. The van der Waals surface area contributed by atoms with Crippen LogP contribution in [-0.4, -0.2) is 43.8 Å². The summed E-state index contributed by atoms with van der Waals surface area (Å²) in [6.07, 6.45) is 0.416. The molecule has 7 heteroatoms. The highest BCUT2D eigenvalue weighted by Crippen LogP contribution is 2.45. The smallest absolute Gasteiger partial charge is 0.226 e. The predicted molar refractivity (Wildman–Crippen MR) is 107 cm³/mol. The Kier molecular flexibility index (Phi) is 5.31. The molecule has 0 radical (unpaired) electrons. The Morgan fingerprint density at radius 3 is 2.89 bits per heavy atom. The van der Waals surface area contributed by atoms with Crippen molar-refractivity contribution >= 4 is 28.2 Å². The summed E-state index contributed by atoms with van der Waals surface area (Å²) in [6.45, 7) is 8.01. The number of benzene rings is 1. The summed E-state index contributed by atoms with van der Waals surface area (Å²) in [4.78, 5) is 20.4. The summed E-state index contributed by atoms with van der Waals surface area (Å²) < 4.78 is 11.5. The van der Waals surface area contributed by atoms with E-state index in [1.165, 1.54) is 0 Å². The lowest BCUT2D eigenvalue weighted by Crippen LogP contribution is -2.36. The van der Waals surface area contributed by atoms with E-state index in [4.69, 9.17) is 14.5 Å². The molecule has 0 unspecified atom stereocenters. The van der Waals surface area contributed by atoms with Gasteiger partial charge in [0.1, 0.15) is 11.6 Å². The van der Waals surface area contributed by atoms with Crippen molar-refractivity contribution in [3.8, 4) is 5.75 Å². The SMILES string of the molecule is CC(C)COc1ccccc1[C@H]1CC(=O)Nc2nc(N3CCOCC3)sc21. The van der Waals surface area contributed by atoms with Crippen molar-refractivity contribution in [3.63, 3.8) is 0 Å². The monoisotopic (exact) mass is 387 g/mol. The van der Waals surface area contributed by atoms with Crippen LogP contribution in [0, 0.1) is 5.92 Å². The summed E-state index contributed by atoms with van der Waals surface area (Å²) in [7, 11) is 0. The Balaban J connectivity index is 1.67. The van der Waals surface area contributed by atoms with Gasteiger partial charge in [-0.25, -0.2) is 4.98 Å². The first kappa shape index (κ1) is 18.3. The number of nitrogens with zero attached hydrogens (tertiary/aromatic N) is 2. The van der Waals surface area contributed by atoms with E-state index in [1.54, 1.807) is 11.3 Å². The van der Waals surface area contributed by atoms with E-state index in [1.807, 2.05) is 18.2 Å². The number of anilines is 2. The van der Waals surface area contributed by atoms with Gasteiger partial charge in [-0.15, -0.1) is 0 Å². The van der Waals surface area contributed by atoms with Crippen LogP contribution in [0.15, 0.2) is 24.3 Å². The Morgan fingerprint density at radius 2 is 2.11 bits per heavy atom. The predicted octanol–water partition coefficient (Wildman–Crippen LogP) is 3.49. The highest BCUT2D eigenvalue weighted by Gasteiger charge is 2.33. The number of fused-ring (bicyclic) bond motifs is 1. The Labute approximate surface area is 163 Å². The fourth-order valence-electron chi connectivity index (χ4n) is 3.40. The van der Waals surface area contributed by atoms with Crippen molar-refractivity contribution in [1.82, 2.24) is 4.98 Å². The van der Waals surface area contributed by atoms with Crippen molar-refractivity contribution in [2.45, 2.75) is 26.2 Å². The van der Waals surface area contributed by atoms with Crippen molar-refractivity contribution in [3.05, 3.63) is 34.7 Å². The molecule has 2 aliphatic rings. The number of carbonyl (C=O) groups is 1. The number of thiazole rings is 1. The summed E-state index contributed by atoms with van der Waals surface area (Å²) in [5.41, 5.74) is 1.06. The topological polar surface area (TPSA) is 63.7 Å². The minimum atomic E-state index is -0.0237. The first-order chi connectivity index (χ1) is 13.1. The van der Waals surface area contributed by atoms with Crippen LogP contribution in [0.4, 0.5) is 10.9 Å². The maximum Gasteiger partial charge on any atom is 0.226 e. The van der Waals surface area contributed by atoms with Crippen molar-refractivity contribution < 1.29 is 14.3 Å². The molecule has 0 spiro atoms. The Morgan fingerprint density at radius 1 is 1.33 bits per heavy atom. The van der Waals surface area contributed by atoms with E-state index in [0.717, 1.165) is 34.4 Å². The first-order valence-electron chi connectivity index (χ1n) is 9.47. The fraction of sp³-hybridized carbons (Fsp3) is 0.500. The van der Waals surface area contributed by atoms with Crippen LogP contribution in [0.25, 0.3) is 0 Å². The third kappa shape index (κ3) is 3.94. The molecule has 1 aromatic carbocycles. The summed E-state index contributed by atoms with van der Waals surface area (Å²) in [5, 5.41) is 3.91. The molecule has 1 saturated heterocycles. The fourth-order valence-corrected chi connectivity index (χ4v) is 4.60. The minimum absolute atomic E-state index is 0.00462. The van der Waals surface area contributed by atoms with Crippen LogP contribution < -0.4 is 15.0 Å². The lowest BCUT2D eigenvalue weighted by molar-refractivity contribution is -0.116. The van der Waals surface area contributed by atoms with Crippen molar-refractivity contribution in [1.29, 1.82) is 0 Å². The van der Waals surface area contributed by atoms with Crippen LogP contribution in [-0.2, 0) is 9.53 Å². The van der Waals surface area contributed by atoms with E-state index in [9.17, 15) is 4.79 Å². The van der Waals surface area contributed by atoms with Crippen molar-refractivity contribution in [2.75, 3.05) is 43.1 Å². The number of carbonyl (C=O) groups excluding carboxylic acids is 1. The molecule has 1 aromatic heterocycles. The van der Waals surface area contributed by atoms with Gasteiger partial charge in [-0.1, -0.05) is 43.4 Å². The molecule has 1 amide bonds. The second-order valence-corrected chi connectivity index (χ2v) is 8.37. The van der Waals surface area contributed by atoms with E-state index in [0.29, 0.717) is 38.0 Å². The van der Waals surface area contributed by atoms with Crippen molar-refractivity contribution in [2.24, 2.45) is 5.92 Å². The maximum atomic E-state index is 12.4. The summed E-state index contributed by atoms with van der Waals surface area (Å²) in [5.74, 6) is 1.98. The van der Waals surface area contributed by atoms with Crippen LogP contribution in [0.5, 0.6) is 5.75 Å². The number of para-hydroxylation sites is 1. The maximum absolute atomic E-state index is 12.4. The second-order valence-electron chi connectivity index (χ2n) is 7.36. The number of hydrogen-bond donors (Lipinski definition) is 1. The molecule has 2 aromatic rings. The molecule has 144 valence electrons. The van der Waals surface area contributed by atoms with E-state index >= 15 is 0 Å². The van der Waals surface area contributed by atoms with Gasteiger partial charge in [0.05, 0.1) is 24.7 Å². The Bertz CT molecular complexity index is 815. The van der Waals surface area contributed by atoms with Gasteiger partial charge < -0.3 is 19.7 Å². The Hall–Kier alpha value is -2.12. The van der Waals surface area contributed by atoms with Gasteiger partial charge in [0.25, 0.3) is 0 Å². The molecule has 1 N–H and O–H groups in total. The number of amides is 1. The standard InChI is InChI=1S/C20H25N3O3S/c1-13(2)12-26-16-6-4-3-5-14(16)15-11-17(24)21-19-18(15)27-20(22-19)23-7-9-25-10-8-23/h3-6,13,15H,7-12H2,1-2H3,(H,21,24)/t15-/m1/s1. The summed E-state index contributed by atoms with van der Waals surface area (Å²) in [6, 6.07) is 8.05. The quantitative estimate of drug-likeness (QED) is 0.851. The number of aromatic nitrogens is 1. The number of ether oxygens (including phenoxy) is 2. The number of rotatable bonds is 5. The lowest BCUT2D eigenvalue weighted by Gasteiger charge is -2.26. The molecule has 27 heavy (non-hydrogen) atoms. The normalized spacial score (nSPS) is 19.7. The number of nitrogens with one attached hydrogen (secondary N) is 1. The average Bonchev–Trinajstić information content (AvgIpc) is 3.10. The number of hydrogen-bond acceptors (Lipinski definition) is 6. The molecule has 1 fully saturated rings. The van der Waals surface area contributed by atoms with Gasteiger partial charge in [0.15, 0.2) is 5.13 Å². The minimum Gasteiger partial charge on any atom is -0.493 e. The highest BCUT2D eigenvalue weighted by molar-refractivity contribution is 7.16. The van der Waals surface area contributed by atoms with Gasteiger partial charge in [0.2, 0.25) is 5.91 Å². The van der Waals surface area contributed by atoms with Gasteiger partial charge in [-0.05, 0) is 12.0 Å². The van der Waals surface area contributed by atoms with Crippen LogP contribution in [0.2, 0.25) is 0 Å². The molecule has 0 saturated carbocycles. The zero-order valence-corrected chi connectivity index (χ0v) is 16.6. The molecule has 4 rings (SSSR count). The largest absolute Gasteiger partial charge is 0.493 e. The van der Waals surface area contributed by atoms with Gasteiger partial charge >= 0.3 is 0 Å². The zero-order valence-electron chi connectivity index (χ0n) is 15.7. The van der Waals surface area contributed by atoms with E-state index in [2.05, 4.69) is 30.1 Å². The van der Waals surface area contributed by atoms with Gasteiger partial charge in [-0.2, -0.15) is 0 Å². The second kappa shape index (κ2) is 7.86. The molecule has 0 bridgehead atoms. The van der Waals surface area contributed by atoms with Crippen LogP contribution in [0.3, 0.4) is 0 Å². The molecule has 3 heterocycles. The molecule has 6 nitrogen and oxygen atoms in total. The summed E-state index contributed by atoms with van der Waals surface area (Å²) >= 11 is 1.67. The van der Waals surface area contributed by atoms with Gasteiger partial charge in [0, 0.05) is 31.0 Å². The number of morpholine rings is 1. The van der Waals surface area contributed by atoms with Crippen LogP contribution in [0.1, 0.15) is 36.6 Å². The molecule has 2 aliphatic heterocycles. The first-order valence-corrected chi connectivity index (χ1v) is 10.3. The van der Waals surface area contributed by atoms with Crippen LogP contribution >= 0.6 is 11.3 Å².